The summed E-state index contributed by atoms with van der Waals surface area (Å²) >= 11 is 0. The van der Waals surface area contributed by atoms with E-state index in [1.54, 1.807) is 0 Å². The molecule has 0 saturated heterocycles. The molecule has 0 fully saturated rings. The van der Waals surface area contributed by atoms with E-state index in [1.165, 1.54) is 17.5 Å². The molecule has 0 aromatic heterocycles. The number of benzene rings is 2. The monoisotopic (exact) mass is 334 g/mol. The van der Waals surface area contributed by atoms with Crippen molar-refractivity contribution in [2.24, 2.45) is 0 Å². The highest BCUT2D eigenvalue weighted by atomic mass is 16.2. The maximum atomic E-state index is 12.6. The number of fused-ring (bicyclic) bond motifs is 2. The Morgan fingerprint density at radius 1 is 1.00 bits per heavy atom. The molecule has 0 radical (unpaired) electrons. The zero-order valence-electron chi connectivity index (χ0n) is 14.5. The van der Waals surface area contributed by atoms with E-state index in [9.17, 15) is 9.59 Å². The van der Waals surface area contributed by atoms with Gasteiger partial charge in [-0.25, -0.2) is 0 Å². The van der Waals surface area contributed by atoms with Gasteiger partial charge in [0.15, 0.2) is 0 Å². The van der Waals surface area contributed by atoms with Gasteiger partial charge in [0.2, 0.25) is 5.91 Å². The summed E-state index contributed by atoms with van der Waals surface area (Å²) in [5, 5.41) is 3.00. The number of nitrogens with one attached hydrogen (secondary N) is 1. The maximum Gasteiger partial charge on any atom is 0.255 e. The van der Waals surface area contributed by atoms with E-state index < -0.39 is 0 Å². The number of hydrogen-bond donors (Lipinski definition) is 1. The number of aryl methyl sites for hydroxylation is 2. The fourth-order valence-corrected chi connectivity index (χ4v) is 3.85. The average Bonchev–Trinajstić information content (AvgIpc) is 3.26. The topological polar surface area (TPSA) is 49.4 Å². The molecule has 2 aliphatic rings. The first-order valence-electron chi connectivity index (χ1n) is 9.02. The van der Waals surface area contributed by atoms with Crippen LogP contribution in [0.5, 0.6) is 0 Å². The normalized spacial score (nSPS) is 15.0. The second-order valence-corrected chi connectivity index (χ2v) is 6.78. The molecule has 4 nitrogen and oxygen atoms in total. The fourth-order valence-electron chi connectivity index (χ4n) is 3.85. The summed E-state index contributed by atoms with van der Waals surface area (Å²) in [7, 11) is 0. The van der Waals surface area contributed by atoms with Gasteiger partial charge in [-0.3, -0.25) is 9.59 Å². The minimum absolute atomic E-state index is 0.0963. The maximum absolute atomic E-state index is 12.6. The Balaban J connectivity index is 1.53. The molecule has 2 aromatic rings. The van der Waals surface area contributed by atoms with Gasteiger partial charge in [0.05, 0.1) is 0 Å². The van der Waals surface area contributed by atoms with E-state index in [0.717, 1.165) is 36.2 Å². The minimum atomic E-state index is -0.0963. The van der Waals surface area contributed by atoms with Crippen LogP contribution in [0.25, 0.3) is 0 Å². The van der Waals surface area contributed by atoms with Crippen molar-refractivity contribution in [1.29, 1.82) is 0 Å². The lowest BCUT2D eigenvalue weighted by atomic mass is 10.1. The second-order valence-electron chi connectivity index (χ2n) is 6.78. The number of carbonyl (C=O) groups is 2. The van der Waals surface area contributed by atoms with E-state index in [0.29, 0.717) is 18.5 Å². The zero-order valence-corrected chi connectivity index (χ0v) is 14.5. The first-order valence-corrected chi connectivity index (χ1v) is 9.02. The molecule has 1 aliphatic carbocycles. The quantitative estimate of drug-likeness (QED) is 0.930. The van der Waals surface area contributed by atoms with Crippen LogP contribution in [0.15, 0.2) is 36.4 Å². The average molecular weight is 334 g/mol. The summed E-state index contributed by atoms with van der Waals surface area (Å²) in [6.07, 6.45) is 4.74. The van der Waals surface area contributed by atoms with Crippen molar-refractivity contribution in [2.75, 3.05) is 16.8 Å². The first kappa shape index (κ1) is 15.9. The van der Waals surface area contributed by atoms with E-state index in [4.69, 9.17) is 0 Å². The van der Waals surface area contributed by atoms with Crippen molar-refractivity contribution in [3.05, 3.63) is 58.7 Å². The SMILES string of the molecule is CCC(=O)N1CCc2cc(C(=O)Nc3ccc4c(c3)CCC4)ccc21. The molecule has 25 heavy (non-hydrogen) atoms. The van der Waals surface area contributed by atoms with Gasteiger partial charge < -0.3 is 10.2 Å². The van der Waals surface area contributed by atoms with Crippen molar-refractivity contribution < 1.29 is 9.59 Å². The van der Waals surface area contributed by atoms with E-state index in [2.05, 4.69) is 17.4 Å². The summed E-state index contributed by atoms with van der Waals surface area (Å²) in [5.41, 5.74) is 6.26. The summed E-state index contributed by atoms with van der Waals surface area (Å²) in [5.74, 6) is 0.0371. The van der Waals surface area contributed by atoms with Gasteiger partial charge in [0.25, 0.3) is 5.91 Å². The smallest absolute Gasteiger partial charge is 0.255 e. The largest absolute Gasteiger partial charge is 0.322 e. The third-order valence-corrected chi connectivity index (χ3v) is 5.20. The first-order chi connectivity index (χ1) is 12.2. The predicted molar refractivity (Wildman–Crippen MR) is 99.2 cm³/mol. The van der Waals surface area contributed by atoms with Gasteiger partial charge in [0, 0.05) is 29.9 Å². The molecule has 1 aliphatic heterocycles. The van der Waals surface area contributed by atoms with Crippen molar-refractivity contribution in [1.82, 2.24) is 0 Å². The molecular formula is C21H22N2O2. The molecule has 4 heteroatoms. The van der Waals surface area contributed by atoms with Crippen molar-refractivity contribution >= 4 is 23.2 Å². The Hall–Kier alpha value is -2.62. The van der Waals surface area contributed by atoms with Gasteiger partial charge in [-0.2, -0.15) is 0 Å². The highest BCUT2D eigenvalue weighted by Crippen LogP contribution is 2.30. The summed E-state index contributed by atoms with van der Waals surface area (Å²) in [6.45, 7) is 2.58. The van der Waals surface area contributed by atoms with Gasteiger partial charge in [-0.1, -0.05) is 13.0 Å². The Morgan fingerprint density at radius 2 is 1.84 bits per heavy atom. The molecule has 4 rings (SSSR count). The highest BCUT2D eigenvalue weighted by molar-refractivity contribution is 6.05. The zero-order chi connectivity index (χ0) is 17.4. The predicted octanol–water partition coefficient (Wildman–Crippen LogP) is 3.73. The molecule has 1 N–H and O–H groups in total. The summed E-state index contributed by atoms with van der Waals surface area (Å²) in [6, 6.07) is 11.8. The van der Waals surface area contributed by atoms with Crippen LogP contribution in [0.2, 0.25) is 0 Å². The number of rotatable bonds is 3. The fraction of sp³-hybridized carbons (Fsp3) is 0.333. The van der Waals surface area contributed by atoms with Gasteiger partial charge >= 0.3 is 0 Å². The van der Waals surface area contributed by atoms with Gasteiger partial charge in [-0.15, -0.1) is 0 Å². The second kappa shape index (κ2) is 6.36. The van der Waals surface area contributed by atoms with Crippen LogP contribution in [0.3, 0.4) is 0 Å². The van der Waals surface area contributed by atoms with E-state index in [-0.39, 0.29) is 11.8 Å². The van der Waals surface area contributed by atoms with Crippen molar-refractivity contribution in [2.45, 2.75) is 39.0 Å². The number of nitrogens with zero attached hydrogens (tertiary/aromatic N) is 1. The Labute approximate surface area is 147 Å². The van der Waals surface area contributed by atoms with Crippen LogP contribution < -0.4 is 10.2 Å². The number of carbonyl (C=O) groups excluding carboxylic acids is 2. The lowest BCUT2D eigenvalue weighted by Gasteiger charge is -2.16. The van der Waals surface area contributed by atoms with Crippen molar-refractivity contribution in [3.8, 4) is 0 Å². The van der Waals surface area contributed by atoms with Crippen LogP contribution in [0.4, 0.5) is 11.4 Å². The van der Waals surface area contributed by atoms with Gasteiger partial charge in [0.1, 0.15) is 0 Å². The molecule has 128 valence electrons. The molecule has 2 aromatic carbocycles. The summed E-state index contributed by atoms with van der Waals surface area (Å²) in [4.78, 5) is 26.4. The summed E-state index contributed by atoms with van der Waals surface area (Å²) < 4.78 is 0. The van der Waals surface area contributed by atoms with Gasteiger partial charge in [-0.05, 0) is 72.7 Å². The Morgan fingerprint density at radius 3 is 2.68 bits per heavy atom. The van der Waals surface area contributed by atoms with Crippen LogP contribution in [-0.4, -0.2) is 18.4 Å². The number of anilines is 2. The third kappa shape index (κ3) is 2.93. The lowest BCUT2D eigenvalue weighted by molar-refractivity contribution is -0.118. The molecule has 0 unspecified atom stereocenters. The number of amides is 2. The third-order valence-electron chi connectivity index (χ3n) is 5.20. The molecular weight excluding hydrogens is 312 g/mol. The van der Waals surface area contributed by atoms with E-state index in [1.807, 2.05) is 36.1 Å². The minimum Gasteiger partial charge on any atom is -0.322 e. The van der Waals surface area contributed by atoms with Crippen LogP contribution in [0.1, 0.15) is 46.8 Å². The van der Waals surface area contributed by atoms with Crippen molar-refractivity contribution in [3.63, 3.8) is 0 Å². The van der Waals surface area contributed by atoms with Crippen LogP contribution in [0, 0.1) is 0 Å². The molecule has 0 spiro atoms. The molecule has 1 heterocycles. The van der Waals surface area contributed by atoms with Crippen LogP contribution >= 0.6 is 0 Å². The van der Waals surface area contributed by atoms with Crippen LogP contribution in [-0.2, 0) is 24.1 Å². The number of hydrogen-bond acceptors (Lipinski definition) is 2. The Bertz CT molecular complexity index is 857. The molecule has 0 bridgehead atoms. The standard InChI is InChI=1S/C21H22N2O2/c1-2-20(24)23-11-10-16-12-17(7-9-19(16)23)21(25)22-18-8-6-14-4-3-5-15(14)13-18/h6-9,12-13H,2-5,10-11H2,1H3,(H,22,25). The van der Waals surface area contributed by atoms with E-state index >= 15 is 0 Å². The molecule has 0 saturated carbocycles. The molecule has 2 amide bonds. The Kier molecular flexibility index (Phi) is 4.04. The molecule has 0 atom stereocenters. The lowest BCUT2D eigenvalue weighted by Crippen LogP contribution is -2.27. The highest BCUT2D eigenvalue weighted by Gasteiger charge is 2.24.